The molecular weight excluding hydrogens is 1040 g/mol. The van der Waals surface area contributed by atoms with Crippen LogP contribution in [0.2, 0.25) is 0 Å². The largest absolute Gasteiger partial charge is 0.393 e. The third-order valence-electron chi connectivity index (χ3n) is 12.9. The Morgan fingerprint density at radius 1 is 0.487 bits per heavy atom. The number of ketones is 2. The smallest absolute Gasteiger partial charge is 0.332 e. The van der Waals surface area contributed by atoms with Crippen LogP contribution in [0.25, 0.3) is 44.7 Å². The Morgan fingerprint density at radius 3 is 1.21 bits per heavy atom. The molecule has 436 valence electrons. The number of unbranched alkanes of at least 4 members (excludes halogenated alkanes) is 2. The number of aromatic nitrogens is 16. The van der Waals surface area contributed by atoms with E-state index in [2.05, 4.69) is 19.9 Å². The normalized spacial score (nSPS) is 14.2. The summed E-state index contributed by atoms with van der Waals surface area (Å²) >= 11 is 0. The molecule has 28 heteroatoms. The van der Waals surface area contributed by atoms with Crippen LogP contribution in [0, 0.1) is 0 Å². The van der Waals surface area contributed by atoms with Crippen molar-refractivity contribution in [3.05, 3.63) is 109 Å². The predicted molar refractivity (Wildman–Crippen MR) is 301 cm³/mol. The van der Waals surface area contributed by atoms with Gasteiger partial charge in [0.1, 0.15) is 14.3 Å². The van der Waals surface area contributed by atoms with Gasteiger partial charge in [0.05, 0.1) is 37.5 Å². The standard InChI is InChI=1S/2C13H20N4O3.2C13H18N4O3/c4*1-9(18)6-4-5-7-17-12(19)10-11(14-8-15(10)2)16(3)13(17)20/h2*8-9,18H,4-7H2,1-3H3;2*8H,4-7H2,1-3H3/i2D3,6D2,8D;;6D2,8D;. The van der Waals surface area contributed by atoms with Crippen LogP contribution in [-0.4, -0.2) is 109 Å². The van der Waals surface area contributed by atoms with Gasteiger partial charge < -0.3 is 38.1 Å². The van der Waals surface area contributed by atoms with Gasteiger partial charge in [0, 0.05) is 105 Å². The quantitative estimate of drug-likeness (QED) is 0.0973. The van der Waals surface area contributed by atoms with Gasteiger partial charge in [-0.2, -0.15) is 0 Å². The maximum absolute atomic E-state index is 12.7. The Balaban J connectivity index is 0.000000217. The van der Waals surface area contributed by atoms with Gasteiger partial charge in [-0.3, -0.25) is 55.7 Å². The van der Waals surface area contributed by atoms with E-state index in [0.29, 0.717) is 72.1 Å². The summed E-state index contributed by atoms with van der Waals surface area (Å²) < 4.78 is 82.6. The van der Waals surface area contributed by atoms with Gasteiger partial charge in [0.15, 0.2) is 44.7 Å². The number of fused-ring (bicyclic) bond motifs is 4. The third kappa shape index (κ3) is 14.4. The number of aryl methyl sites for hydroxylation is 8. The summed E-state index contributed by atoms with van der Waals surface area (Å²) in [6.45, 7) is 3.44. The average Bonchev–Trinajstić information content (AvgIpc) is 1.67. The van der Waals surface area contributed by atoms with E-state index in [1.807, 2.05) is 0 Å². The van der Waals surface area contributed by atoms with Crippen LogP contribution in [0.1, 0.15) is 117 Å². The summed E-state index contributed by atoms with van der Waals surface area (Å²) in [5.41, 5.74) is -2.79. The topological polar surface area (TPSA) is 322 Å². The first kappa shape index (κ1) is 50.1. The second kappa shape index (κ2) is 27.6. The van der Waals surface area contributed by atoms with Gasteiger partial charge in [-0.25, -0.2) is 39.1 Å². The van der Waals surface area contributed by atoms with Crippen molar-refractivity contribution in [2.75, 3.05) is 0 Å². The highest BCUT2D eigenvalue weighted by Crippen LogP contribution is 2.09. The van der Waals surface area contributed by atoms with Gasteiger partial charge in [-0.05, 0) is 91.9 Å². The van der Waals surface area contributed by atoms with Crippen LogP contribution < -0.4 is 45.0 Å². The number of aliphatic hydroxyl groups excluding tert-OH is 2. The number of nitrogens with zero attached hydrogens (tertiary/aromatic N) is 16. The monoisotopic (exact) mass is 1130 g/mol. The van der Waals surface area contributed by atoms with Gasteiger partial charge in [-0.1, -0.05) is 0 Å². The van der Waals surface area contributed by atoms with Crippen LogP contribution in [0.15, 0.2) is 63.6 Å². The SMILES string of the molecule is CC(=O)CCCCn1c(=O)c2c(ncn2C)n(C)c1=O.CC(O)CCCCn1c(=O)c2c(ncn2C)n(C)c1=O.[2H]c1nc2c(c(=O)n(CCCC([2H])([2H])C(C)=O)c(=O)n2C)n1C.[2H]c1nc2c(c(=O)n(CCCC([2H])([2H])C(C)O)c(=O)n2C)n1C([2H])([2H])[2H]. The minimum atomic E-state index is -2.82. The first-order valence-electron chi connectivity index (χ1n) is 30.1. The molecule has 80 heavy (non-hydrogen) atoms. The van der Waals surface area contributed by atoms with Crippen LogP contribution in [-0.2, 0) is 92.1 Å². The molecule has 8 aromatic rings. The average molecular weight is 1130 g/mol. The van der Waals surface area contributed by atoms with E-state index in [-0.39, 0.29) is 102 Å². The molecule has 8 aromatic heterocycles. The van der Waals surface area contributed by atoms with E-state index in [4.69, 9.17) is 12.3 Å². The van der Waals surface area contributed by atoms with Crippen molar-refractivity contribution in [1.82, 2.24) is 74.7 Å². The number of carbonyl (C=O) groups is 2. The summed E-state index contributed by atoms with van der Waals surface area (Å²) in [7, 11) is 11.0. The first-order valence-corrected chi connectivity index (χ1v) is 25.6. The Labute approximate surface area is 470 Å². The zero-order valence-electron chi connectivity index (χ0n) is 55.8. The number of imidazole rings is 4. The fourth-order valence-corrected chi connectivity index (χ4v) is 8.53. The van der Waals surface area contributed by atoms with Crippen LogP contribution in [0.4, 0.5) is 0 Å². The molecule has 0 saturated heterocycles. The van der Waals surface area contributed by atoms with Gasteiger partial charge in [0.25, 0.3) is 22.2 Å². The van der Waals surface area contributed by atoms with E-state index < -0.39 is 60.4 Å². The summed E-state index contributed by atoms with van der Waals surface area (Å²) in [6, 6.07) is 0. The Hall–Kier alpha value is -8.14. The van der Waals surface area contributed by atoms with Crippen molar-refractivity contribution in [1.29, 1.82) is 0 Å². The molecule has 0 aliphatic heterocycles. The van der Waals surface area contributed by atoms with Crippen LogP contribution in [0.3, 0.4) is 0 Å². The lowest BCUT2D eigenvalue weighted by Gasteiger charge is -2.09. The van der Waals surface area contributed by atoms with Gasteiger partial charge in [0.2, 0.25) is 0 Å². The highest BCUT2D eigenvalue weighted by Gasteiger charge is 2.18. The minimum absolute atomic E-state index is 0.00719. The Kier molecular flexibility index (Phi) is 17.3. The molecule has 8 rings (SSSR count). The lowest BCUT2D eigenvalue weighted by molar-refractivity contribution is -0.118. The lowest BCUT2D eigenvalue weighted by atomic mass is 10.2. The minimum Gasteiger partial charge on any atom is -0.393 e. The van der Waals surface area contributed by atoms with E-state index in [1.165, 1.54) is 82.0 Å². The van der Waals surface area contributed by atoms with Crippen molar-refractivity contribution in [2.45, 2.75) is 143 Å². The second-order valence-electron chi connectivity index (χ2n) is 19.2. The summed E-state index contributed by atoms with van der Waals surface area (Å²) in [5, 5.41) is 18.6. The molecule has 0 amide bonds. The van der Waals surface area contributed by atoms with E-state index in [9.17, 15) is 58.2 Å². The fourth-order valence-electron chi connectivity index (χ4n) is 8.53. The molecule has 8 heterocycles. The summed E-state index contributed by atoms with van der Waals surface area (Å²) in [6.07, 6.45) is 0.814. The van der Waals surface area contributed by atoms with Crippen molar-refractivity contribution < 1.29 is 32.1 Å². The number of rotatable bonds is 20. The third-order valence-corrected chi connectivity index (χ3v) is 12.9. The number of carbonyl (C=O) groups excluding carboxylic acids is 2. The highest BCUT2D eigenvalue weighted by atomic mass is 16.3. The molecule has 0 aliphatic carbocycles. The van der Waals surface area contributed by atoms with Crippen molar-refractivity contribution >= 4 is 56.2 Å². The molecule has 0 aromatic carbocycles. The molecule has 0 aliphatic rings. The number of aliphatic hydroxyl groups is 2. The number of hydrogen-bond donors (Lipinski definition) is 2. The second-order valence-corrected chi connectivity index (χ2v) is 19.2. The molecule has 0 fully saturated rings. The molecule has 0 spiro atoms. The van der Waals surface area contributed by atoms with E-state index >= 15 is 0 Å². The molecule has 2 N–H and O–H groups in total. The summed E-state index contributed by atoms with van der Waals surface area (Å²) in [4.78, 5) is 137. The number of Topliss-reactive ketones (excluding diaryl/α,β-unsaturated/α-hetero) is 2. The molecule has 0 bridgehead atoms. The summed E-state index contributed by atoms with van der Waals surface area (Å²) in [5.74, 6) is -0.467. The van der Waals surface area contributed by atoms with Crippen molar-refractivity contribution in [3.63, 3.8) is 0 Å². The Bertz CT molecular complexity index is 4450. The van der Waals surface area contributed by atoms with Crippen LogP contribution in [0.5, 0.6) is 0 Å². The molecule has 28 nitrogen and oxygen atoms in total. The molecule has 0 saturated carbocycles. The number of hydrogen-bond acceptors (Lipinski definition) is 16. The van der Waals surface area contributed by atoms with Crippen molar-refractivity contribution in [2.24, 2.45) is 56.3 Å². The zero-order valence-corrected chi connectivity index (χ0v) is 46.8. The zero-order chi connectivity index (χ0) is 67.3. The van der Waals surface area contributed by atoms with Crippen molar-refractivity contribution in [3.8, 4) is 0 Å². The van der Waals surface area contributed by atoms with E-state index in [0.717, 1.165) is 20.1 Å². The first-order chi connectivity index (χ1) is 41.2. The van der Waals surface area contributed by atoms with Gasteiger partial charge in [-0.15, -0.1) is 0 Å². The molecule has 0 radical (unpaired) electrons. The fraction of sp³-hybridized carbons (Fsp3) is 0.577. The van der Waals surface area contributed by atoms with E-state index in [1.54, 1.807) is 44.2 Å². The maximum Gasteiger partial charge on any atom is 0.332 e. The molecular formula is C52H76N16O12. The highest BCUT2D eigenvalue weighted by molar-refractivity contribution is 5.76. The van der Waals surface area contributed by atoms with Gasteiger partial charge >= 0.3 is 22.8 Å². The predicted octanol–water partition coefficient (Wildman–Crippen LogP) is 0.356. The Morgan fingerprint density at radius 2 is 0.838 bits per heavy atom. The van der Waals surface area contributed by atoms with Crippen LogP contribution >= 0.6 is 0 Å². The lowest BCUT2D eigenvalue weighted by Crippen LogP contribution is -2.39. The maximum atomic E-state index is 12.7. The molecule has 2 unspecified atom stereocenters. The molecule has 2 atom stereocenters.